The topological polar surface area (TPSA) is 59.3 Å². The van der Waals surface area contributed by atoms with Gasteiger partial charge in [0.2, 0.25) is 5.91 Å². The fraction of sp³-hybridized carbons (Fsp3) is 0.273. The molecule has 0 fully saturated rings. The summed E-state index contributed by atoms with van der Waals surface area (Å²) < 4.78 is 5.32. The van der Waals surface area contributed by atoms with Crippen molar-refractivity contribution >= 4 is 34.3 Å². The van der Waals surface area contributed by atoms with Gasteiger partial charge < -0.3 is 9.73 Å². The van der Waals surface area contributed by atoms with Gasteiger partial charge in [-0.1, -0.05) is 6.07 Å². The van der Waals surface area contributed by atoms with Crippen LogP contribution in [0, 0.1) is 27.7 Å². The molecule has 0 aliphatic carbocycles. The molecule has 0 bridgehead atoms. The first kappa shape index (κ1) is 19.2. The van der Waals surface area contributed by atoms with Crippen LogP contribution in [0.2, 0.25) is 0 Å². The average Bonchev–Trinajstić information content (AvgIpc) is 2.55. The summed E-state index contributed by atoms with van der Waals surface area (Å²) in [4.78, 5) is 24.1. The van der Waals surface area contributed by atoms with Gasteiger partial charge in [-0.3, -0.25) is 4.79 Å². The van der Waals surface area contributed by atoms with Crippen molar-refractivity contribution < 1.29 is 9.21 Å². The van der Waals surface area contributed by atoms with Crippen molar-refractivity contribution in [3.63, 3.8) is 0 Å². The molecule has 1 N–H and O–H groups in total. The Hall–Kier alpha value is -2.53. The number of benzene rings is 2. The van der Waals surface area contributed by atoms with Crippen LogP contribution in [0.1, 0.15) is 27.8 Å². The van der Waals surface area contributed by atoms with Gasteiger partial charge in [0.15, 0.2) is 0 Å². The second-order valence-corrected chi connectivity index (χ2v) is 7.93. The lowest BCUT2D eigenvalue weighted by molar-refractivity contribution is -0.113. The molecule has 4 nitrogen and oxygen atoms in total. The van der Waals surface area contributed by atoms with E-state index in [1.807, 2.05) is 52.0 Å². The number of hydrogen-bond acceptors (Lipinski definition) is 4. The van der Waals surface area contributed by atoms with Gasteiger partial charge in [-0.05, 0) is 79.8 Å². The largest absolute Gasteiger partial charge is 0.423 e. The molecule has 2 aromatic carbocycles. The van der Waals surface area contributed by atoms with Gasteiger partial charge in [0, 0.05) is 22.9 Å². The number of rotatable bonds is 5. The molecule has 0 radical (unpaired) electrons. The van der Waals surface area contributed by atoms with E-state index in [1.165, 1.54) is 17.8 Å². The van der Waals surface area contributed by atoms with E-state index >= 15 is 0 Å². The van der Waals surface area contributed by atoms with Gasteiger partial charge in [0.1, 0.15) is 5.58 Å². The van der Waals surface area contributed by atoms with Crippen molar-refractivity contribution in [1.82, 2.24) is 0 Å². The minimum Gasteiger partial charge on any atom is -0.423 e. The van der Waals surface area contributed by atoms with Crippen LogP contribution in [0.5, 0.6) is 0 Å². The zero-order chi connectivity index (χ0) is 19.6. The first-order chi connectivity index (χ1) is 12.8. The third kappa shape index (κ3) is 4.80. The highest BCUT2D eigenvalue weighted by Crippen LogP contribution is 2.24. The van der Waals surface area contributed by atoms with Crippen LogP contribution in [0.15, 0.2) is 45.6 Å². The van der Waals surface area contributed by atoms with Crippen LogP contribution >= 0.6 is 11.8 Å². The van der Waals surface area contributed by atoms with Gasteiger partial charge >= 0.3 is 5.63 Å². The monoisotopic (exact) mass is 381 g/mol. The molecule has 27 heavy (non-hydrogen) atoms. The lowest BCUT2D eigenvalue weighted by atomic mass is 10.0. The van der Waals surface area contributed by atoms with Gasteiger partial charge in [0.25, 0.3) is 0 Å². The minimum absolute atomic E-state index is 0.0516. The molecule has 0 spiro atoms. The van der Waals surface area contributed by atoms with E-state index in [9.17, 15) is 9.59 Å². The van der Waals surface area contributed by atoms with Crippen molar-refractivity contribution in [2.24, 2.45) is 0 Å². The van der Waals surface area contributed by atoms with E-state index in [0.717, 1.165) is 38.9 Å². The third-order valence-electron chi connectivity index (χ3n) is 4.44. The lowest BCUT2D eigenvalue weighted by Crippen LogP contribution is -2.14. The average molecular weight is 381 g/mol. The second kappa shape index (κ2) is 8.01. The van der Waals surface area contributed by atoms with E-state index in [0.29, 0.717) is 17.1 Å². The number of amides is 1. The Morgan fingerprint density at radius 3 is 2.33 bits per heavy atom. The van der Waals surface area contributed by atoms with E-state index in [-0.39, 0.29) is 11.5 Å². The van der Waals surface area contributed by atoms with Crippen LogP contribution in [-0.4, -0.2) is 11.7 Å². The SMILES string of the molecule is Cc1cc(C)cc(NC(=O)CSCc2cc(=O)oc3cc(C)c(C)cc23)c1. The zero-order valence-electron chi connectivity index (χ0n) is 16.0. The first-order valence-corrected chi connectivity index (χ1v) is 9.97. The molecule has 0 saturated carbocycles. The highest BCUT2D eigenvalue weighted by molar-refractivity contribution is 7.99. The second-order valence-electron chi connectivity index (χ2n) is 6.94. The summed E-state index contributed by atoms with van der Waals surface area (Å²) in [5.74, 6) is 0.842. The molecule has 0 unspecified atom stereocenters. The fourth-order valence-electron chi connectivity index (χ4n) is 3.10. The standard InChI is InChI=1S/C22H23NO3S/c1-13-5-14(2)7-18(6-13)23-21(24)12-27-11-17-10-22(25)26-20-9-16(4)15(3)8-19(17)20/h5-10H,11-12H2,1-4H3,(H,23,24). The molecular formula is C22H23NO3S. The van der Waals surface area contributed by atoms with Crippen LogP contribution in [-0.2, 0) is 10.5 Å². The van der Waals surface area contributed by atoms with Gasteiger partial charge in [-0.2, -0.15) is 0 Å². The first-order valence-electron chi connectivity index (χ1n) is 8.82. The summed E-state index contributed by atoms with van der Waals surface area (Å²) in [6.07, 6.45) is 0. The molecule has 0 aliphatic heterocycles. The summed E-state index contributed by atoms with van der Waals surface area (Å²) >= 11 is 1.48. The molecule has 0 saturated heterocycles. The highest BCUT2D eigenvalue weighted by atomic mass is 32.2. The van der Waals surface area contributed by atoms with Crippen LogP contribution in [0.4, 0.5) is 5.69 Å². The Labute approximate surface area is 163 Å². The van der Waals surface area contributed by atoms with Crippen LogP contribution in [0.25, 0.3) is 11.0 Å². The van der Waals surface area contributed by atoms with Crippen molar-refractivity contribution in [2.75, 3.05) is 11.1 Å². The number of hydrogen-bond donors (Lipinski definition) is 1. The molecule has 1 amide bonds. The molecule has 1 heterocycles. The van der Waals surface area contributed by atoms with Crippen molar-refractivity contribution in [3.05, 3.63) is 74.6 Å². The van der Waals surface area contributed by atoms with Gasteiger partial charge in [-0.25, -0.2) is 4.79 Å². The Balaban J connectivity index is 1.69. The van der Waals surface area contributed by atoms with Crippen molar-refractivity contribution in [3.8, 4) is 0 Å². The molecule has 0 aliphatic rings. The summed E-state index contributed by atoms with van der Waals surface area (Å²) in [5, 5.41) is 3.87. The number of carbonyl (C=O) groups excluding carboxylic acids is 1. The highest BCUT2D eigenvalue weighted by Gasteiger charge is 2.10. The maximum Gasteiger partial charge on any atom is 0.336 e. The molecule has 0 atom stereocenters. The minimum atomic E-state index is -0.360. The van der Waals surface area contributed by atoms with Crippen LogP contribution in [0.3, 0.4) is 0 Å². The number of thioether (sulfide) groups is 1. The normalized spacial score (nSPS) is 11.0. The molecule has 140 valence electrons. The van der Waals surface area contributed by atoms with E-state index < -0.39 is 0 Å². The summed E-state index contributed by atoms with van der Waals surface area (Å²) in [6, 6.07) is 11.4. The quantitative estimate of drug-likeness (QED) is 0.639. The Kier molecular flexibility index (Phi) is 5.71. The van der Waals surface area contributed by atoms with Gasteiger partial charge in [-0.15, -0.1) is 11.8 Å². The number of fused-ring (bicyclic) bond motifs is 1. The number of aryl methyl sites for hydroxylation is 4. The Morgan fingerprint density at radius 1 is 0.963 bits per heavy atom. The Morgan fingerprint density at radius 2 is 1.63 bits per heavy atom. The Bertz CT molecular complexity index is 1050. The van der Waals surface area contributed by atoms with Gasteiger partial charge in [0.05, 0.1) is 5.75 Å². The van der Waals surface area contributed by atoms with Crippen molar-refractivity contribution in [1.29, 1.82) is 0 Å². The van der Waals surface area contributed by atoms with Crippen molar-refractivity contribution in [2.45, 2.75) is 33.4 Å². The van der Waals surface area contributed by atoms with E-state index in [1.54, 1.807) is 0 Å². The lowest BCUT2D eigenvalue weighted by Gasteiger charge is -2.09. The smallest absolute Gasteiger partial charge is 0.336 e. The predicted octanol–water partition coefficient (Wildman–Crippen LogP) is 4.90. The van der Waals surface area contributed by atoms with E-state index in [2.05, 4.69) is 11.4 Å². The summed E-state index contributed by atoms with van der Waals surface area (Å²) in [5.41, 5.74) is 6.42. The number of nitrogens with one attached hydrogen (secondary N) is 1. The molecule has 1 aromatic heterocycles. The van der Waals surface area contributed by atoms with Crippen LogP contribution < -0.4 is 10.9 Å². The molecule has 3 rings (SSSR count). The molecule has 3 aromatic rings. The summed E-state index contributed by atoms with van der Waals surface area (Å²) in [6.45, 7) is 8.04. The zero-order valence-corrected chi connectivity index (χ0v) is 16.8. The molecule has 5 heteroatoms. The molecular weight excluding hydrogens is 358 g/mol. The fourth-order valence-corrected chi connectivity index (χ4v) is 3.92. The third-order valence-corrected chi connectivity index (χ3v) is 5.42. The maximum absolute atomic E-state index is 12.2. The summed E-state index contributed by atoms with van der Waals surface area (Å²) in [7, 11) is 0. The predicted molar refractivity (Wildman–Crippen MR) is 113 cm³/mol. The number of carbonyl (C=O) groups is 1. The maximum atomic E-state index is 12.2. The number of anilines is 1. The van der Waals surface area contributed by atoms with E-state index in [4.69, 9.17) is 4.42 Å².